The van der Waals surface area contributed by atoms with Gasteiger partial charge in [0.1, 0.15) is 0 Å². The van der Waals surface area contributed by atoms with Gasteiger partial charge in [0, 0.05) is 5.56 Å². The number of hydrogen-bond acceptors (Lipinski definition) is 1. The highest BCUT2D eigenvalue weighted by molar-refractivity contribution is 6.55. The van der Waals surface area contributed by atoms with Crippen molar-refractivity contribution in [1.29, 1.82) is 0 Å². The van der Waals surface area contributed by atoms with Crippen molar-refractivity contribution in [2.75, 3.05) is 0 Å². The minimum atomic E-state index is -1.00. The molecule has 0 bridgehead atoms. The standard InChI is InChI=1S/C14H10Cl2O/c15-14(16)13(17)12-8-6-11(7-9-12)10-4-2-1-3-5-10/h1-9,14H. The minimum absolute atomic E-state index is 0.270. The molecule has 1 nitrogen and oxygen atoms in total. The lowest BCUT2D eigenvalue weighted by atomic mass is 10.0. The lowest BCUT2D eigenvalue weighted by molar-refractivity contribution is 0.101. The molecule has 0 aliphatic heterocycles. The average Bonchev–Trinajstić information content (AvgIpc) is 2.39. The summed E-state index contributed by atoms with van der Waals surface area (Å²) in [4.78, 5) is 10.5. The van der Waals surface area contributed by atoms with Gasteiger partial charge in [0.2, 0.25) is 0 Å². The maximum atomic E-state index is 11.5. The summed E-state index contributed by atoms with van der Waals surface area (Å²) in [5.74, 6) is -0.270. The van der Waals surface area contributed by atoms with Gasteiger partial charge < -0.3 is 0 Å². The molecule has 2 aromatic carbocycles. The molecule has 0 fully saturated rings. The number of ketones is 1. The van der Waals surface area contributed by atoms with Crippen molar-refractivity contribution in [2.24, 2.45) is 0 Å². The molecule has 86 valence electrons. The van der Waals surface area contributed by atoms with Crippen molar-refractivity contribution in [2.45, 2.75) is 4.84 Å². The largest absolute Gasteiger partial charge is 0.291 e. The van der Waals surface area contributed by atoms with Gasteiger partial charge in [-0.25, -0.2) is 0 Å². The molecule has 2 rings (SSSR count). The first-order valence-electron chi connectivity index (χ1n) is 5.16. The molecule has 0 aliphatic carbocycles. The van der Waals surface area contributed by atoms with E-state index in [1.54, 1.807) is 12.1 Å². The highest BCUT2D eigenvalue weighted by Crippen LogP contribution is 2.20. The van der Waals surface area contributed by atoms with Crippen molar-refractivity contribution in [3.05, 3.63) is 60.2 Å². The summed E-state index contributed by atoms with van der Waals surface area (Å²) < 4.78 is 0. The predicted molar refractivity (Wildman–Crippen MR) is 71.7 cm³/mol. The quantitative estimate of drug-likeness (QED) is 0.596. The van der Waals surface area contributed by atoms with Crippen molar-refractivity contribution < 1.29 is 4.79 Å². The van der Waals surface area contributed by atoms with Crippen LogP contribution in [0.25, 0.3) is 11.1 Å². The van der Waals surface area contributed by atoms with Crippen LogP contribution in [0.15, 0.2) is 54.6 Å². The fourth-order valence-corrected chi connectivity index (χ4v) is 1.84. The number of carbonyl (C=O) groups excluding carboxylic acids is 1. The van der Waals surface area contributed by atoms with E-state index in [1.165, 1.54) is 0 Å². The van der Waals surface area contributed by atoms with Gasteiger partial charge >= 0.3 is 0 Å². The SMILES string of the molecule is O=C(c1ccc(-c2ccccc2)cc1)C(Cl)Cl. The molecular weight excluding hydrogens is 255 g/mol. The average molecular weight is 265 g/mol. The van der Waals surface area contributed by atoms with Crippen molar-refractivity contribution in [3.63, 3.8) is 0 Å². The summed E-state index contributed by atoms with van der Waals surface area (Å²) in [6.07, 6.45) is 0. The second kappa shape index (κ2) is 5.35. The zero-order valence-corrected chi connectivity index (χ0v) is 10.4. The lowest BCUT2D eigenvalue weighted by Gasteiger charge is -2.04. The highest BCUT2D eigenvalue weighted by atomic mass is 35.5. The summed E-state index contributed by atoms with van der Waals surface area (Å²) in [5.41, 5.74) is 2.70. The second-order valence-corrected chi connectivity index (χ2v) is 4.70. The molecule has 0 saturated carbocycles. The van der Waals surface area contributed by atoms with Crippen LogP contribution >= 0.6 is 23.2 Å². The van der Waals surface area contributed by atoms with Crippen LogP contribution in [0.4, 0.5) is 0 Å². The first-order chi connectivity index (χ1) is 8.18. The molecule has 0 saturated heterocycles. The van der Waals surface area contributed by atoms with Gasteiger partial charge in [0.05, 0.1) is 0 Å². The number of rotatable bonds is 3. The zero-order chi connectivity index (χ0) is 12.3. The molecule has 17 heavy (non-hydrogen) atoms. The Morgan fingerprint density at radius 3 is 1.88 bits per heavy atom. The third-order valence-electron chi connectivity index (χ3n) is 2.47. The molecule has 0 spiro atoms. The Kier molecular flexibility index (Phi) is 3.82. The molecule has 0 aliphatic rings. The van der Waals surface area contributed by atoms with E-state index >= 15 is 0 Å². The van der Waals surface area contributed by atoms with Gasteiger partial charge in [0.25, 0.3) is 0 Å². The van der Waals surface area contributed by atoms with Crippen LogP contribution in [0, 0.1) is 0 Å². The predicted octanol–water partition coefficient (Wildman–Crippen LogP) is 4.34. The molecule has 0 aromatic heterocycles. The van der Waals surface area contributed by atoms with Gasteiger partial charge in [-0.2, -0.15) is 0 Å². The van der Waals surface area contributed by atoms with E-state index in [2.05, 4.69) is 0 Å². The van der Waals surface area contributed by atoms with Crippen molar-refractivity contribution >= 4 is 29.0 Å². The van der Waals surface area contributed by atoms with E-state index in [4.69, 9.17) is 23.2 Å². The fraction of sp³-hybridized carbons (Fsp3) is 0.0714. The first kappa shape index (κ1) is 12.2. The van der Waals surface area contributed by atoms with E-state index < -0.39 is 4.84 Å². The molecule has 2 aromatic rings. The number of hydrogen-bond donors (Lipinski definition) is 0. The Bertz CT molecular complexity index is 504. The molecule has 0 heterocycles. The van der Waals surface area contributed by atoms with Gasteiger partial charge in [-0.1, -0.05) is 77.8 Å². The smallest absolute Gasteiger partial charge is 0.195 e. The van der Waals surface area contributed by atoms with E-state index in [1.807, 2.05) is 42.5 Å². The highest BCUT2D eigenvalue weighted by Gasteiger charge is 2.13. The Hall–Kier alpha value is -1.31. The molecule has 0 radical (unpaired) electrons. The van der Waals surface area contributed by atoms with Crippen LogP contribution in [0.2, 0.25) is 0 Å². The molecule has 0 atom stereocenters. The Morgan fingerprint density at radius 2 is 1.35 bits per heavy atom. The summed E-state index contributed by atoms with van der Waals surface area (Å²) in [6.45, 7) is 0. The zero-order valence-electron chi connectivity index (χ0n) is 8.94. The molecule has 0 amide bonds. The Morgan fingerprint density at radius 1 is 0.824 bits per heavy atom. The Balaban J connectivity index is 2.28. The van der Waals surface area contributed by atoms with Gasteiger partial charge in [0.15, 0.2) is 10.6 Å². The van der Waals surface area contributed by atoms with Crippen molar-refractivity contribution in [1.82, 2.24) is 0 Å². The molecular formula is C14H10Cl2O. The summed E-state index contributed by atoms with van der Waals surface area (Å²) in [5, 5.41) is 0. The van der Waals surface area contributed by atoms with E-state index in [-0.39, 0.29) is 5.78 Å². The number of alkyl halides is 2. The van der Waals surface area contributed by atoms with Gasteiger partial charge in [-0.15, -0.1) is 0 Å². The fourth-order valence-electron chi connectivity index (χ4n) is 1.58. The van der Waals surface area contributed by atoms with E-state index in [0.29, 0.717) is 5.56 Å². The third-order valence-corrected chi connectivity index (χ3v) is 2.87. The van der Waals surface area contributed by atoms with Crippen LogP contribution in [0.5, 0.6) is 0 Å². The van der Waals surface area contributed by atoms with Crippen molar-refractivity contribution in [3.8, 4) is 11.1 Å². The van der Waals surface area contributed by atoms with E-state index in [0.717, 1.165) is 11.1 Å². The van der Waals surface area contributed by atoms with Crippen LogP contribution < -0.4 is 0 Å². The summed E-state index contributed by atoms with van der Waals surface area (Å²) in [7, 11) is 0. The van der Waals surface area contributed by atoms with Crippen LogP contribution in [-0.2, 0) is 0 Å². The molecule has 3 heteroatoms. The third kappa shape index (κ3) is 2.87. The summed E-state index contributed by atoms with van der Waals surface area (Å²) in [6, 6.07) is 17.2. The first-order valence-corrected chi connectivity index (χ1v) is 6.03. The van der Waals surface area contributed by atoms with Gasteiger partial charge in [-0.3, -0.25) is 4.79 Å². The van der Waals surface area contributed by atoms with Crippen LogP contribution in [0.1, 0.15) is 10.4 Å². The maximum Gasteiger partial charge on any atom is 0.195 e. The molecule has 0 N–H and O–H groups in total. The number of halogens is 2. The van der Waals surface area contributed by atoms with E-state index in [9.17, 15) is 4.79 Å². The summed E-state index contributed by atoms with van der Waals surface area (Å²) >= 11 is 11.1. The number of carbonyl (C=O) groups is 1. The normalized spacial score (nSPS) is 10.5. The van der Waals surface area contributed by atoms with Gasteiger partial charge in [-0.05, 0) is 11.1 Å². The van der Waals surface area contributed by atoms with Crippen LogP contribution in [-0.4, -0.2) is 10.6 Å². The lowest BCUT2D eigenvalue weighted by Crippen LogP contribution is -2.07. The second-order valence-electron chi connectivity index (χ2n) is 3.61. The monoisotopic (exact) mass is 264 g/mol. The Labute approximate surface area is 110 Å². The molecule has 0 unspecified atom stereocenters. The topological polar surface area (TPSA) is 17.1 Å². The van der Waals surface area contributed by atoms with Crippen LogP contribution in [0.3, 0.4) is 0 Å². The number of Topliss-reactive ketones (excluding diaryl/α,β-unsaturated/α-hetero) is 1. The maximum absolute atomic E-state index is 11.5. The number of benzene rings is 2. The minimum Gasteiger partial charge on any atom is -0.291 e.